The minimum atomic E-state index is -0.241. The maximum Gasteiger partial charge on any atom is 0.164 e. The average molecular weight is 280 g/mol. The lowest BCUT2D eigenvalue weighted by atomic mass is 9.82. The fraction of sp³-hybridized carbons (Fsp3) is 0.800. The van der Waals surface area contributed by atoms with Gasteiger partial charge in [-0.2, -0.15) is 0 Å². The van der Waals surface area contributed by atoms with E-state index in [0.29, 0.717) is 5.78 Å². The van der Waals surface area contributed by atoms with Gasteiger partial charge in [-0.25, -0.2) is 0 Å². The highest BCUT2D eigenvalue weighted by atomic mass is 16.5. The van der Waals surface area contributed by atoms with Crippen LogP contribution in [0.3, 0.4) is 0 Å². The molecule has 0 radical (unpaired) electrons. The molecule has 0 aromatic rings. The number of ketones is 1. The van der Waals surface area contributed by atoms with Crippen LogP contribution in [0, 0.1) is 5.41 Å². The molecule has 2 saturated heterocycles. The van der Waals surface area contributed by atoms with Crippen molar-refractivity contribution in [2.45, 2.75) is 6.42 Å². The van der Waals surface area contributed by atoms with Gasteiger partial charge in [0.2, 0.25) is 0 Å². The molecule has 0 amide bonds. The number of hydrogen-bond acceptors (Lipinski definition) is 5. The first kappa shape index (κ1) is 14.2. The third-order valence-electron chi connectivity index (χ3n) is 4.56. The fourth-order valence-corrected chi connectivity index (χ4v) is 3.38. The Labute approximate surface area is 120 Å². The maximum atomic E-state index is 12.4. The molecular formula is C15H24N2O3. The van der Waals surface area contributed by atoms with Gasteiger partial charge in [-0.05, 0) is 12.5 Å². The number of carbonyl (C=O) groups excluding carboxylic acids is 1. The van der Waals surface area contributed by atoms with Crippen molar-refractivity contribution in [1.29, 1.82) is 0 Å². The van der Waals surface area contributed by atoms with Crippen molar-refractivity contribution >= 4 is 5.78 Å². The quantitative estimate of drug-likeness (QED) is 0.734. The average Bonchev–Trinajstić information content (AvgIpc) is 2.82. The highest BCUT2D eigenvalue weighted by Gasteiger charge is 2.42. The molecule has 0 N–H and O–H groups in total. The van der Waals surface area contributed by atoms with Crippen molar-refractivity contribution in [2.24, 2.45) is 5.41 Å². The standard InChI is InChI=1S/C15H24N2O3/c18-14-2-1-3-15(14,12-16-4-8-19-9-5-16)13-17-6-10-20-11-7-17/h1-2H,3-13H2. The summed E-state index contributed by atoms with van der Waals surface area (Å²) < 4.78 is 10.8. The summed E-state index contributed by atoms with van der Waals surface area (Å²) in [6.45, 7) is 8.64. The van der Waals surface area contributed by atoms with Gasteiger partial charge < -0.3 is 9.47 Å². The van der Waals surface area contributed by atoms with E-state index in [-0.39, 0.29) is 5.41 Å². The summed E-state index contributed by atoms with van der Waals surface area (Å²) in [5.74, 6) is 0.301. The second kappa shape index (κ2) is 6.35. The van der Waals surface area contributed by atoms with Crippen molar-refractivity contribution < 1.29 is 14.3 Å². The van der Waals surface area contributed by atoms with E-state index < -0.39 is 0 Å². The zero-order valence-electron chi connectivity index (χ0n) is 12.1. The number of carbonyl (C=O) groups is 1. The monoisotopic (exact) mass is 280 g/mol. The number of rotatable bonds is 4. The van der Waals surface area contributed by atoms with Gasteiger partial charge in [-0.15, -0.1) is 0 Å². The molecule has 0 atom stereocenters. The molecule has 2 aliphatic heterocycles. The SMILES string of the molecule is O=C1C=CCC1(CN1CCOCC1)CN1CCOCC1. The molecule has 20 heavy (non-hydrogen) atoms. The lowest BCUT2D eigenvalue weighted by molar-refractivity contribution is -0.126. The largest absolute Gasteiger partial charge is 0.379 e. The molecule has 2 heterocycles. The van der Waals surface area contributed by atoms with Crippen LogP contribution in [-0.4, -0.2) is 81.3 Å². The topological polar surface area (TPSA) is 42.0 Å². The third-order valence-corrected chi connectivity index (χ3v) is 4.56. The van der Waals surface area contributed by atoms with Crippen molar-refractivity contribution in [1.82, 2.24) is 9.80 Å². The summed E-state index contributed by atoms with van der Waals surface area (Å²) in [6.07, 6.45) is 4.70. The molecule has 1 aliphatic carbocycles. The predicted molar refractivity (Wildman–Crippen MR) is 75.7 cm³/mol. The van der Waals surface area contributed by atoms with E-state index in [4.69, 9.17) is 9.47 Å². The molecule has 0 aromatic heterocycles. The summed E-state index contributed by atoms with van der Waals surface area (Å²) in [5.41, 5.74) is -0.241. The molecule has 0 bridgehead atoms. The van der Waals surface area contributed by atoms with E-state index >= 15 is 0 Å². The molecule has 0 saturated carbocycles. The zero-order valence-corrected chi connectivity index (χ0v) is 12.1. The smallest absolute Gasteiger partial charge is 0.164 e. The van der Waals surface area contributed by atoms with Crippen LogP contribution in [0.4, 0.5) is 0 Å². The van der Waals surface area contributed by atoms with E-state index in [2.05, 4.69) is 9.80 Å². The van der Waals surface area contributed by atoms with E-state index in [1.165, 1.54) is 0 Å². The fourth-order valence-electron chi connectivity index (χ4n) is 3.38. The van der Waals surface area contributed by atoms with Crippen LogP contribution in [0.25, 0.3) is 0 Å². The number of nitrogens with zero attached hydrogens (tertiary/aromatic N) is 2. The lowest BCUT2D eigenvalue weighted by Crippen LogP contribution is -2.52. The van der Waals surface area contributed by atoms with E-state index in [1.54, 1.807) is 6.08 Å². The van der Waals surface area contributed by atoms with Gasteiger partial charge in [0, 0.05) is 39.3 Å². The van der Waals surface area contributed by atoms with Crippen molar-refractivity contribution in [3.05, 3.63) is 12.2 Å². The second-order valence-corrected chi connectivity index (χ2v) is 6.03. The van der Waals surface area contributed by atoms with Gasteiger partial charge in [0.15, 0.2) is 5.78 Å². The Morgan fingerprint density at radius 1 is 0.950 bits per heavy atom. The van der Waals surface area contributed by atoms with E-state index in [1.807, 2.05) is 6.08 Å². The zero-order chi connectivity index (χ0) is 13.8. The summed E-state index contributed by atoms with van der Waals surface area (Å²) >= 11 is 0. The summed E-state index contributed by atoms with van der Waals surface area (Å²) in [6, 6.07) is 0. The van der Waals surface area contributed by atoms with Crippen LogP contribution >= 0.6 is 0 Å². The Hall–Kier alpha value is -0.750. The van der Waals surface area contributed by atoms with Crippen LogP contribution in [0.1, 0.15) is 6.42 Å². The lowest BCUT2D eigenvalue weighted by Gasteiger charge is -2.40. The van der Waals surface area contributed by atoms with E-state index in [0.717, 1.165) is 72.1 Å². The van der Waals surface area contributed by atoms with Crippen LogP contribution in [-0.2, 0) is 14.3 Å². The Balaban J connectivity index is 1.66. The summed E-state index contributed by atoms with van der Waals surface area (Å²) in [4.78, 5) is 17.2. The molecule has 5 nitrogen and oxygen atoms in total. The first-order valence-corrected chi connectivity index (χ1v) is 7.60. The molecule has 5 heteroatoms. The van der Waals surface area contributed by atoms with Gasteiger partial charge in [-0.3, -0.25) is 14.6 Å². The van der Waals surface area contributed by atoms with Crippen molar-refractivity contribution in [2.75, 3.05) is 65.7 Å². The summed E-state index contributed by atoms with van der Waals surface area (Å²) in [5, 5.41) is 0. The van der Waals surface area contributed by atoms with Crippen LogP contribution < -0.4 is 0 Å². The first-order chi connectivity index (χ1) is 9.78. The van der Waals surface area contributed by atoms with Gasteiger partial charge in [0.05, 0.1) is 31.8 Å². The maximum absolute atomic E-state index is 12.4. The molecular weight excluding hydrogens is 256 g/mol. The van der Waals surface area contributed by atoms with Crippen molar-refractivity contribution in [3.8, 4) is 0 Å². The minimum absolute atomic E-state index is 0.241. The third kappa shape index (κ3) is 3.11. The highest BCUT2D eigenvalue weighted by molar-refractivity contribution is 5.97. The van der Waals surface area contributed by atoms with Crippen LogP contribution in [0.15, 0.2) is 12.2 Å². The Kier molecular flexibility index (Phi) is 4.51. The molecule has 3 aliphatic rings. The predicted octanol–water partition coefficient (Wildman–Crippen LogP) is 0.166. The second-order valence-electron chi connectivity index (χ2n) is 6.03. The number of hydrogen-bond donors (Lipinski definition) is 0. The molecule has 2 fully saturated rings. The molecule has 3 rings (SSSR count). The van der Waals surface area contributed by atoms with Crippen LogP contribution in [0.2, 0.25) is 0 Å². The normalized spacial score (nSPS) is 28.1. The first-order valence-electron chi connectivity index (χ1n) is 7.60. The number of allylic oxidation sites excluding steroid dienone is 2. The van der Waals surface area contributed by atoms with Gasteiger partial charge in [0.1, 0.15) is 0 Å². The summed E-state index contributed by atoms with van der Waals surface area (Å²) in [7, 11) is 0. The number of ether oxygens (including phenoxy) is 2. The van der Waals surface area contributed by atoms with Gasteiger partial charge in [-0.1, -0.05) is 6.08 Å². The number of morpholine rings is 2. The van der Waals surface area contributed by atoms with Crippen molar-refractivity contribution in [3.63, 3.8) is 0 Å². The van der Waals surface area contributed by atoms with E-state index in [9.17, 15) is 4.79 Å². The molecule has 0 aromatic carbocycles. The Morgan fingerprint density at radius 3 is 1.85 bits per heavy atom. The Morgan fingerprint density at radius 2 is 1.45 bits per heavy atom. The van der Waals surface area contributed by atoms with Gasteiger partial charge >= 0.3 is 0 Å². The van der Waals surface area contributed by atoms with Crippen LogP contribution in [0.5, 0.6) is 0 Å². The molecule has 0 unspecified atom stereocenters. The minimum Gasteiger partial charge on any atom is -0.379 e. The molecule has 0 spiro atoms. The Bertz CT molecular complexity index is 351. The molecule has 112 valence electrons. The van der Waals surface area contributed by atoms with Gasteiger partial charge in [0.25, 0.3) is 0 Å². The highest BCUT2D eigenvalue weighted by Crippen LogP contribution is 2.33.